The summed E-state index contributed by atoms with van der Waals surface area (Å²) in [6.07, 6.45) is 6.23. The van der Waals surface area contributed by atoms with Crippen LogP contribution in [0.5, 0.6) is 0 Å². The van der Waals surface area contributed by atoms with Crippen LogP contribution >= 0.6 is 0 Å². The van der Waals surface area contributed by atoms with Crippen LogP contribution < -0.4 is 5.56 Å². The lowest BCUT2D eigenvalue weighted by molar-refractivity contribution is 0.0986. The third-order valence-corrected chi connectivity index (χ3v) is 4.46. The fraction of sp³-hybridized carbons (Fsp3) is 0.467. The van der Waals surface area contributed by atoms with Gasteiger partial charge >= 0.3 is 0 Å². The molecule has 1 fully saturated rings. The normalized spacial score (nSPS) is 17.4. The first-order valence-corrected chi connectivity index (χ1v) is 6.78. The Morgan fingerprint density at radius 2 is 2.21 bits per heavy atom. The molecule has 1 aromatic heterocycles. The van der Waals surface area contributed by atoms with Gasteiger partial charge in [-0.1, -0.05) is 13.3 Å². The van der Waals surface area contributed by atoms with Gasteiger partial charge < -0.3 is 0 Å². The van der Waals surface area contributed by atoms with Gasteiger partial charge in [-0.3, -0.25) is 9.36 Å². The molecular weight excluding hydrogens is 243 g/mol. The summed E-state index contributed by atoms with van der Waals surface area (Å²) in [6.45, 7) is 2.86. The maximum Gasteiger partial charge on any atom is 0.261 e. The molecule has 19 heavy (non-hydrogen) atoms. The Hall–Kier alpha value is -1.71. The van der Waals surface area contributed by atoms with Crippen molar-refractivity contribution >= 4 is 10.9 Å². The molecule has 0 N–H and O–H groups in total. The average molecular weight is 260 g/mol. The van der Waals surface area contributed by atoms with Gasteiger partial charge in [-0.15, -0.1) is 0 Å². The van der Waals surface area contributed by atoms with Crippen LogP contribution in [0.1, 0.15) is 32.6 Å². The van der Waals surface area contributed by atoms with Crippen molar-refractivity contribution in [1.29, 1.82) is 0 Å². The van der Waals surface area contributed by atoms with Gasteiger partial charge in [0.25, 0.3) is 5.56 Å². The molecule has 1 aromatic carbocycles. The number of hydrogen-bond acceptors (Lipinski definition) is 2. The van der Waals surface area contributed by atoms with Gasteiger partial charge in [-0.25, -0.2) is 9.37 Å². The predicted octanol–water partition coefficient (Wildman–Crippen LogP) is 3.12. The highest BCUT2D eigenvalue weighted by molar-refractivity contribution is 5.77. The van der Waals surface area contributed by atoms with E-state index < -0.39 is 5.82 Å². The van der Waals surface area contributed by atoms with E-state index in [-0.39, 0.29) is 11.0 Å². The van der Waals surface area contributed by atoms with E-state index in [2.05, 4.69) is 11.9 Å². The summed E-state index contributed by atoms with van der Waals surface area (Å²) in [5.74, 6) is -0.391. The Morgan fingerprint density at radius 3 is 2.84 bits per heavy atom. The van der Waals surface area contributed by atoms with Gasteiger partial charge in [-0.05, 0) is 42.9 Å². The molecule has 0 amide bonds. The Morgan fingerprint density at radius 1 is 1.42 bits per heavy atom. The maximum atomic E-state index is 13.3. The molecule has 1 aliphatic carbocycles. The molecule has 3 nitrogen and oxygen atoms in total. The zero-order valence-corrected chi connectivity index (χ0v) is 11.0. The molecule has 0 spiro atoms. The molecule has 1 heterocycles. The molecule has 0 unspecified atom stereocenters. The number of nitrogens with zero attached hydrogens (tertiary/aromatic N) is 2. The van der Waals surface area contributed by atoms with Crippen molar-refractivity contribution in [3.63, 3.8) is 0 Å². The topological polar surface area (TPSA) is 34.9 Å². The second kappa shape index (κ2) is 4.44. The SMILES string of the molecule is CCC1(Cn2cnc3ccc(F)cc3c2=O)CCC1. The van der Waals surface area contributed by atoms with Crippen molar-refractivity contribution in [1.82, 2.24) is 9.55 Å². The van der Waals surface area contributed by atoms with Crippen LogP contribution in [0.4, 0.5) is 4.39 Å². The molecule has 0 saturated heterocycles. The van der Waals surface area contributed by atoms with Gasteiger partial charge in [-0.2, -0.15) is 0 Å². The summed E-state index contributed by atoms with van der Waals surface area (Å²) in [5, 5.41) is 0.369. The summed E-state index contributed by atoms with van der Waals surface area (Å²) in [6, 6.07) is 4.16. The van der Waals surface area contributed by atoms with Crippen LogP contribution in [-0.2, 0) is 6.54 Å². The van der Waals surface area contributed by atoms with Crippen molar-refractivity contribution in [2.75, 3.05) is 0 Å². The predicted molar refractivity (Wildman–Crippen MR) is 72.5 cm³/mol. The first-order chi connectivity index (χ1) is 9.13. The third-order valence-electron chi connectivity index (χ3n) is 4.46. The average Bonchev–Trinajstić information content (AvgIpc) is 2.37. The smallest absolute Gasteiger partial charge is 0.261 e. The Bertz CT molecular complexity index is 668. The van der Waals surface area contributed by atoms with Gasteiger partial charge in [0.15, 0.2) is 0 Å². The summed E-state index contributed by atoms with van der Waals surface area (Å²) in [5.41, 5.74) is 0.665. The summed E-state index contributed by atoms with van der Waals surface area (Å²) in [4.78, 5) is 16.6. The Kier molecular flexibility index (Phi) is 2.88. The number of fused-ring (bicyclic) bond motifs is 1. The lowest BCUT2D eigenvalue weighted by Gasteiger charge is -2.41. The summed E-state index contributed by atoms with van der Waals surface area (Å²) in [7, 11) is 0. The zero-order chi connectivity index (χ0) is 13.5. The highest BCUT2D eigenvalue weighted by Crippen LogP contribution is 2.44. The van der Waals surface area contributed by atoms with Crippen molar-refractivity contribution in [2.24, 2.45) is 5.41 Å². The minimum absolute atomic E-state index is 0.135. The van der Waals surface area contributed by atoms with E-state index >= 15 is 0 Å². The van der Waals surface area contributed by atoms with Gasteiger partial charge in [0.1, 0.15) is 5.82 Å². The molecule has 0 atom stereocenters. The second-order valence-electron chi connectivity index (χ2n) is 5.55. The van der Waals surface area contributed by atoms with Gasteiger partial charge in [0.2, 0.25) is 0 Å². The van der Waals surface area contributed by atoms with Crippen molar-refractivity contribution in [3.05, 3.63) is 40.7 Å². The second-order valence-corrected chi connectivity index (χ2v) is 5.55. The third kappa shape index (κ3) is 2.05. The van der Waals surface area contributed by atoms with Crippen LogP contribution in [0.3, 0.4) is 0 Å². The van der Waals surface area contributed by atoms with Crippen molar-refractivity contribution in [3.8, 4) is 0 Å². The van der Waals surface area contributed by atoms with Crippen LogP contribution in [0.15, 0.2) is 29.3 Å². The molecule has 4 heteroatoms. The molecule has 0 radical (unpaired) electrons. The summed E-state index contributed by atoms with van der Waals surface area (Å²) < 4.78 is 14.9. The number of halogens is 1. The fourth-order valence-electron chi connectivity index (χ4n) is 2.91. The van der Waals surface area contributed by atoms with Gasteiger partial charge in [0, 0.05) is 6.54 Å². The molecule has 2 aromatic rings. The number of benzene rings is 1. The molecule has 1 saturated carbocycles. The van der Waals surface area contributed by atoms with E-state index in [9.17, 15) is 9.18 Å². The molecular formula is C15H17FN2O. The molecule has 3 rings (SSSR count). The van der Waals surface area contributed by atoms with Crippen LogP contribution in [0.2, 0.25) is 0 Å². The van der Waals surface area contributed by atoms with E-state index in [0.29, 0.717) is 17.4 Å². The fourth-order valence-corrected chi connectivity index (χ4v) is 2.91. The molecule has 0 bridgehead atoms. The van der Waals surface area contributed by atoms with E-state index in [1.54, 1.807) is 17.0 Å². The monoisotopic (exact) mass is 260 g/mol. The number of aromatic nitrogens is 2. The highest BCUT2D eigenvalue weighted by Gasteiger charge is 2.35. The highest BCUT2D eigenvalue weighted by atomic mass is 19.1. The van der Waals surface area contributed by atoms with E-state index in [4.69, 9.17) is 0 Å². The molecule has 100 valence electrons. The van der Waals surface area contributed by atoms with Gasteiger partial charge in [0.05, 0.1) is 17.2 Å². The minimum atomic E-state index is -0.391. The maximum absolute atomic E-state index is 13.3. The zero-order valence-electron chi connectivity index (χ0n) is 11.0. The first-order valence-electron chi connectivity index (χ1n) is 6.78. The number of rotatable bonds is 3. The summed E-state index contributed by atoms with van der Waals surface area (Å²) >= 11 is 0. The van der Waals surface area contributed by atoms with Crippen molar-refractivity contribution in [2.45, 2.75) is 39.2 Å². The van der Waals surface area contributed by atoms with Crippen molar-refractivity contribution < 1.29 is 4.39 Å². The Labute approximate surface area is 111 Å². The number of hydrogen-bond donors (Lipinski definition) is 0. The minimum Gasteiger partial charge on any atom is -0.298 e. The first kappa shape index (κ1) is 12.3. The van der Waals surface area contributed by atoms with E-state index in [1.165, 1.54) is 18.6 Å². The quantitative estimate of drug-likeness (QED) is 0.850. The molecule has 0 aliphatic heterocycles. The molecule has 1 aliphatic rings. The lowest BCUT2D eigenvalue weighted by atomic mass is 9.67. The lowest BCUT2D eigenvalue weighted by Crippen LogP contribution is -2.37. The van der Waals surface area contributed by atoms with Crippen LogP contribution in [0.25, 0.3) is 10.9 Å². The van der Waals surface area contributed by atoms with E-state index in [1.807, 2.05) is 0 Å². The van der Waals surface area contributed by atoms with E-state index in [0.717, 1.165) is 19.3 Å². The van der Waals surface area contributed by atoms with Crippen LogP contribution in [0, 0.1) is 11.2 Å². The Balaban J connectivity index is 2.05. The van der Waals surface area contributed by atoms with Crippen LogP contribution in [-0.4, -0.2) is 9.55 Å². The largest absolute Gasteiger partial charge is 0.298 e. The standard InChI is InChI=1S/C15H17FN2O/c1-2-15(6-3-7-15)9-18-10-17-13-5-4-11(16)8-12(13)14(18)19/h4-5,8,10H,2-3,6-7,9H2,1H3.